The predicted octanol–water partition coefficient (Wildman–Crippen LogP) is 4.76. The molecule has 0 aliphatic heterocycles. The second-order valence-corrected chi connectivity index (χ2v) is 6.19. The van der Waals surface area contributed by atoms with E-state index in [0.29, 0.717) is 15.9 Å². The van der Waals surface area contributed by atoms with Crippen molar-refractivity contribution >= 4 is 46.2 Å². The lowest BCUT2D eigenvalue weighted by atomic mass is 10.2. The molecule has 0 bridgehead atoms. The maximum Gasteiger partial charge on any atom is 0.244 e. The molecular formula is C18H15Cl2N3O. The van der Waals surface area contributed by atoms with E-state index in [1.54, 1.807) is 24.3 Å². The fourth-order valence-electron chi connectivity index (χ4n) is 2.30. The third-order valence-corrected chi connectivity index (χ3v) is 4.29. The first-order chi connectivity index (χ1) is 11.5. The Balaban J connectivity index is 1.67. The molecule has 0 aliphatic rings. The van der Waals surface area contributed by atoms with Crippen LogP contribution in [-0.4, -0.2) is 15.9 Å². The zero-order valence-corrected chi connectivity index (χ0v) is 14.4. The Kier molecular flexibility index (Phi) is 4.88. The van der Waals surface area contributed by atoms with Crippen LogP contribution in [0.2, 0.25) is 10.0 Å². The van der Waals surface area contributed by atoms with E-state index in [9.17, 15) is 4.79 Å². The fraction of sp³-hybridized carbons (Fsp3) is 0.111. The monoisotopic (exact) mass is 359 g/mol. The van der Waals surface area contributed by atoms with Gasteiger partial charge in [0, 0.05) is 6.08 Å². The van der Waals surface area contributed by atoms with Crippen LogP contribution in [0.15, 0.2) is 48.5 Å². The number of carbonyl (C=O) groups excluding carboxylic acids is 1. The molecule has 1 amide bonds. The van der Waals surface area contributed by atoms with Gasteiger partial charge in [-0.25, -0.2) is 4.98 Å². The van der Waals surface area contributed by atoms with Gasteiger partial charge in [0.25, 0.3) is 0 Å². The molecule has 6 heteroatoms. The van der Waals surface area contributed by atoms with Gasteiger partial charge in [-0.05, 0) is 42.8 Å². The van der Waals surface area contributed by atoms with E-state index < -0.39 is 0 Å². The minimum Gasteiger partial charge on any atom is -0.343 e. The number of benzene rings is 2. The SMILES string of the molecule is CC(NC(=O)C=Cc1ccc(Cl)c(Cl)c1)c1nc2ccccc2[nH]1. The number of fused-ring (bicyclic) bond motifs is 1. The molecule has 0 radical (unpaired) electrons. The van der Waals surface area contributed by atoms with Crippen LogP contribution in [0.1, 0.15) is 24.4 Å². The molecule has 1 atom stereocenters. The molecule has 2 aromatic carbocycles. The van der Waals surface area contributed by atoms with E-state index in [1.165, 1.54) is 6.08 Å². The standard InChI is InChI=1S/C18H15Cl2N3O/c1-11(18-22-15-4-2-3-5-16(15)23-18)21-17(24)9-7-12-6-8-13(19)14(20)10-12/h2-11H,1H3,(H,21,24)(H,22,23). The van der Waals surface area contributed by atoms with E-state index in [0.717, 1.165) is 16.6 Å². The molecule has 1 aromatic heterocycles. The number of rotatable bonds is 4. The fourth-order valence-corrected chi connectivity index (χ4v) is 2.60. The summed E-state index contributed by atoms with van der Waals surface area (Å²) in [5.74, 6) is 0.501. The normalized spacial score (nSPS) is 12.6. The number of aromatic amines is 1. The van der Waals surface area contributed by atoms with Crippen molar-refractivity contribution < 1.29 is 4.79 Å². The lowest BCUT2D eigenvalue weighted by molar-refractivity contribution is -0.117. The third kappa shape index (κ3) is 3.78. The van der Waals surface area contributed by atoms with Crippen LogP contribution in [0.25, 0.3) is 17.1 Å². The zero-order valence-electron chi connectivity index (χ0n) is 12.9. The highest BCUT2D eigenvalue weighted by atomic mass is 35.5. The van der Waals surface area contributed by atoms with Crippen LogP contribution in [-0.2, 0) is 4.79 Å². The van der Waals surface area contributed by atoms with Gasteiger partial charge in [0.15, 0.2) is 0 Å². The molecule has 122 valence electrons. The number of imidazole rings is 1. The molecule has 3 rings (SSSR count). The second kappa shape index (κ2) is 7.07. The van der Waals surface area contributed by atoms with Gasteiger partial charge in [0.2, 0.25) is 5.91 Å². The highest BCUT2D eigenvalue weighted by Crippen LogP contribution is 2.23. The molecule has 0 saturated heterocycles. The molecule has 4 nitrogen and oxygen atoms in total. The van der Waals surface area contributed by atoms with Gasteiger partial charge in [0.05, 0.1) is 27.1 Å². The Morgan fingerprint density at radius 2 is 2.00 bits per heavy atom. The summed E-state index contributed by atoms with van der Waals surface area (Å²) >= 11 is 11.8. The lowest BCUT2D eigenvalue weighted by Gasteiger charge is -2.09. The second-order valence-electron chi connectivity index (χ2n) is 5.38. The van der Waals surface area contributed by atoms with Crippen molar-refractivity contribution in [3.63, 3.8) is 0 Å². The van der Waals surface area contributed by atoms with Crippen molar-refractivity contribution in [3.05, 3.63) is 70.0 Å². The number of nitrogens with one attached hydrogen (secondary N) is 2. The van der Waals surface area contributed by atoms with Gasteiger partial charge in [-0.2, -0.15) is 0 Å². The third-order valence-electron chi connectivity index (χ3n) is 3.55. The average molecular weight is 360 g/mol. The molecule has 0 aliphatic carbocycles. The molecule has 0 spiro atoms. The summed E-state index contributed by atoms with van der Waals surface area (Å²) < 4.78 is 0. The minimum absolute atomic E-state index is 0.214. The quantitative estimate of drug-likeness (QED) is 0.659. The van der Waals surface area contributed by atoms with Crippen molar-refractivity contribution in [3.8, 4) is 0 Å². The van der Waals surface area contributed by atoms with Crippen molar-refractivity contribution in [2.24, 2.45) is 0 Å². The molecule has 0 saturated carbocycles. The average Bonchev–Trinajstić information content (AvgIpc) is 3.00. The number of para-hydroxylation sites is 2. The van der Waals surface area contributed by atoms with Gasteiger partial charge in [-0.15, -0.1) is 0 Å². The van der Waals surface area contributed by atoms with E-state index in [2.05, 4.69) is 15.3 Å². The van der Waals surface area contributed by atoms with Crippen molar-refractivity contribution in [2.45, 2.75) is 13.0 Å². The number of halogens is 2. The number of H-pyrrole nitrogens is 1. The highest BCUT2D eigenvalue weighted by Gasteiger charge is 2.12. The van der Waals surface area contributed by atoms with Crippen LogP contribution in [0.3, 0.4) is 0 Å². The number of carbonyl (C=O) groups is 1. The van der Waals surface area contributed by atoms with Crippen LogP contribution >= 0.6 is 23.2 Å². The summed E-state index contributed by atoms with van der Waals surface area (Å²) in [7, 11) is 0. The van der Waals surface area contributed by atoms with E-state index in [1.807, 2.05) is 31.2 Å². The number of amides is 1. The van der Waals surface area contributed by atoms with E-state index >= 15 is 0 Å². The van der Waals surface area contributed by atoms with Crippen LogP contribution in [0, 0.1) is 0 Å². The van der Waals surface area contributed by atoms with Gasteiger partial charge in [-0.3, -0.25) is 4.79 Å². The summed E-state index contributed by atoms with van der Waals surface area (Å²) in [6.45, 7) is 1.88. The number of aromatic nitrogens is 2. The maximum atomic E-state index is 12.1. The lowest BCUT2D eigenvalue weighted by Crippen LogP contribution is -2.25. The largest absolute Gasteiger partial charge is 0.343 e. The smallest absolute Gasteiger partial charge is 0.244 e. The van der Waals surface area contributed by atoms with Gasteiger partial charge < -0.3 is 10.3 Å². The van der Waals surface area contributed by atoms with Crippen LogP contribution < -0.4 is 5.32 Å². The highest BCUT2D eigenvalue weighted by molar-refractivity contribution is 6.42. The first kappa shape index (κ1) is 16.6. The van der Waals surface area contributed by atoms with Gasteiger partial charge in [-0.1, -0.05) is 41.4 Å². The van der Waals surface area contributed by atoms with Gasteiger partial charge >= 0.3 is 0 Å². The maximum absolute atomic E-state index is 12.1. The Morgan fingerprint density at radius 3 is 2.75 bits per heavy atom. The first-order valence-corrected chi connectivity index (χ1v) is 8.17. The molecule has 1 unspecified atom stereocenters. The van der Waals surface area contributed by atoms with Crippen LogP contribution in [0.5, 0.6) is 0 Å². The molecular weight excluding hydrogens is 345 g/mol. The number of hydrogen-bond donors (Lipinski definition) is 2. The van der Waals surface area contributed by atoms with Crippen LogP contribution in [0.4, 0.5) is 0 Å². The van der Waals surface area contributed by atoms with Crippen molar-refractivity contribution in [1.29, 1.82) is 0 Å². The summed E-state index contributed by atoms with van der Waals surface area (Å²) in [6.07, 6.45) is 3.14. The first-order valence-electron chi connectivity index (χ1n) is 7.41. The summed E-state index contributed by atoms with van der Waals surface area (Å²) in [6, 6.07) is 12.7. The number of nitrogens with zero attached hydrogens (tertiary/aromatic N) is 1. The minimum atomic E-state index is -0.233. The number of hydrogen-bond acceptors (Lipinski definition) is 2. The molecule has 1 heterocycles. The topological polar surface area (TPSA) is 57.8 Å². The summed E-state index contributed by atoms with van der Waals surface area (Å²) in [4.78, 5) is 19.8. The zero-order chi connectivity index (χ0) is 17.1. The van der Waals surface area contributed by atoms with Crippen molar-refractivity contribution in [2.75, 3.05) is 0 Å². The molecule has 2 N–H and O–H groups in total. The molecule has 3 aromatic rings. The Bertz CT molecular complexity index is 885. The Labute approximate surface area is 149 Å². The van der Waals surface area contributed by atoms with E-state index in [4.69, 9.17) is 23.2 Å². The summed E-state index contributed by atoms with van der Waals surface area (Å²) in [5, 5.41) is 3.81. The predicted molar refractivity (Wildman–Crippen MR) is 98.1 cm³/mol. The van der Waals surface area contributed by atoms with Gasteiger partial charge in [0.1, 0.15) is 5.82 Å². The Morgan fingerprint density at radius 1 is 1.21 bits per heavy atom. The molecule has 0 fully saturated rings. The van der Waals surface area contributed by atoms with Crippen molar-refractivity contribution in [1.82, 2.24) is 15.3 Å². The van der Waals surface area contributed by atoms with E-state index in [-0.39, 0.29) is 11.9 Å². The Hall–Kier alpha value is -2.30. The summed E-state index contributed by atoms with van der Waals surface area (Å²) in [5.41, 5.74) is 2.62. The molecule has 24 heavy (non-hydrogen) atoms.